The molecule has 378 valence electrons. The fourth-order valence-corrected chi connectivity index (χ4v) is 13.2. The number of fused-ring (bicyclic) bond motifs is 4. The number of nitrogens with zero attached hydrogens (tertiary/aromatic N) is 5. The minimum Gasteiger partial charge on any atom is -0.453 e. The van der Waals surface area contributed by atoms with E-state index < -0.39 is 24.3 Å². The molecule has 15 nitrogen and oxygen atoms in total. The Hall–Kier alpha value is -6.12. The number of imidazole rings is 2. The number of hydrogen-bond donors (Lipinski definition) is 4. The molecule has 5 fully saturated rings. The Morgan fingerprint density at radius 3 is 1.44 bits per heavy atom. The van der Waals surface area contributed by atoms with Crippen molar-refractivity contribution < 1.29 is 28.7 Å². The quantitative estimate of drug-likeness (QED) is 0.100. The number of methoxy groups -OCH3 is 2. The van der Waals surface area contributed by atoms with E-state index in [1.165, 1.54) is 30.9 Å². The van der Waals surface area contributed by atoms with Gasteiger partial charge in [-0.05, 0) is 134 Å². The van der Waals surface area contributed by atoms with Crippen LogP contribution in [0.1, 0.15) is 165 Å². The second-order valence-corrected chi connectivity index (χ2v) is 22.8. The van der Waals surface area contributed by atoms with E-state index >= 15 is 0 Å². The Morgan fingerprint density at radius 2 is 1.04 bits per heavy atom. The Morgan fingerprint density at radius 1 is 0.606 bits per heavy atom. The third-order valence-corrected chi connectivity index (χ3v) is 16.8. The molecule has 5 aromatic rings. The molecule has 2 unspecified atom stereocenters. The molecule has 3 saturated heterocycles. The molecular formula is C56H73N9O6. The van der Waals surface area contributed by atoms with E-state index in [9.17, 15) is 19.2 Å². The van der Waals surface area contributed by atoms with Gasteiger partial charge in [-0.2, -0.15) is 0 Å². The smallest absolute Gasteiger partial charge is 0.407 e. The number of carbonyl (C=O) groups excluding carboxylic acids is 4. The summed E-state index contributed by atoms with van der Waals surface area (Å²) >= 11 is 0. The van der Waals surface area contributed by atoms with E-state index in [2.05, 4.69) is 107 Å². The predicted molar refractivity (Wildman–Crippen MR) is 274 cm³/mol. The van der Waals surface area contributed by atoms with Crippen LogP contribution in [-0.2, 0) is 24.5 Å². The number of amides is 4. The molecule has 3 aromatic carbocycles. The van der Waals surface area contributed by atoms with Gasteiger partial charge in [-0.3, -0.25) is 9.59 Å². The van der Waals surface area contributed by atoms with Crippen molar-refractivity contribution in [1.29, 1.82) is 0 Å². The first-order valence-corrected chi connectivity index (χ1v) is 26.2. The number of rotatable bonds is 11. The Bertz CT molecular complexity index is 2630. The number of benzene rings is 3. The maximum absolute atomic E-state index is 14.5. The van der Waals surface area contributed by atoms with Gasteiger partial charge in [-0.25, -0.2) is 19.6 Å². The second kappa shape index (κ2) is 19.1. The van der Waals surface area contributed by atoms with Crippen LogP contribution in [0.4, 0.5) is 15.3 Å². The summed E-state index contributed by atoms with van der Waals surface area (Å²) in [6.45, 7) is 14.6. The highest BCUT2D eigenvalue weighted by Crippen LogP contribution is 2.51. The zero-order valence-corrected chi connectivity index (χ0v) is 43.0. The van der Waals surface area contributed by atoms with Crippen molar-refractivity contribution in [3.05, 3.63) is 89.0 Å². The number of ether oxygens (including phenoxy) is 2. The van der Waals surface area contributed by atoms with Crippen molar-refractivity contribution in [2.75, 3.05) is 19.1 Å². The number of alkyl carbamates (subject to hydrolysis) is 2. The molecule has 10 atom stereocenters. The predicted octanol–water partition coefficient (Wildman–Crippen LogP) is 10.5. The second-order valence-electron chi connectivity index (χ2n) is 22.8. The molecule has 0 spiro atoms. The minimum atomic E-state index is -0.705. The van der Waals surface area contributed by atoms with Gasteiger partial charge in [0.1, 0.15) is 23.7 Å². The van der Waals surface area contributed by atoms with Crippen LogP contribution in [0.25, 0.3) is 22.1 Å². The van der Waals surface area contributed by atoms with E-state index in [1.54, 1.807) is 0 Å². The fraction of sp³-hybridized carbons (Fsp3) is 0.571. The van der Waals surface area contributed by atoms with Crippen LogP contribution < -0.4 is 15.5 Å². The molecule has 15 heteroatoms. The van der Waals surface area contributed by atoms with Crippen molar-refractivity contribution >= 4 is 51.8 Å². The topological polar surface area (TPSA) is 178 Å². The average molecular weight is 968 g/mol. The minimum absolute atomic E-state index is 0.00646. The van der Waals surface area contributed by atoms with Crippen molar-refractivity contribution in [1.82, 2.24) is 40.4 Å². The van der Waals surface area contributed by atoms with Gasteiger partial charge in [0, 0.05) is 17.8 Å². The largest absolute Gasteiger partial charge is 0.453 e. The Kier molecular flexibility index (Phi) is 13.1. The summed E-state index contributed by atoms with van der Waals surface area (Å²) in [5.41, 5.74) is 8.43. The van der Waals surface area contributed by atoms with Crippen LogP contribution in [0, 0.1) is 23.7 Å². The fourth-order valence-electron chi connectivity index (χ4n) is 13.2. The average Bonchev–Trinajstić information content (AvgIpc) is 4.21. The van der Waals surface area contributed by atoms with Gasteiger partial charge in [-0.1, -0.05) is 85.6 Å². The molecule has 2 saturated carbocycles. The molecule has 2 aromatic heterocycles. The SMILES string of the molecule is COC(=O)N[C@H](C(=O)N1C(c2nc3ccc([C@H]4CC[C@H](c5ccc6nc(C7C[C@@H]8CCC[C@@H]8N7C(=O)[C@@H](NC(=O)OC)C(C)C)[nH]c6c5)N4c4ccc(C(C)(C)C)cc4)cc3[nH]2)C[C@@H]2CCC[C@@H]21)C(C)C. The highest BCUT2D eigenvalue weighted by molar-refractivity contribution is 5.88. The molecule has 0 radical (unpaired) electrons. The van der Waals surface area contributed by atoms with E-state index in [0.717, 1.165) is 104 Å². The van der Waals surface area contributed by atoms with Gasteiger partial charge in [0.2, 0.25) is 11.8 Å². The lowest BCUT2D eigenvalue weighted by atomic mass is 9.87. The van der Waals surface area contributed by atoms with Crippen molar-refractivity contribution in [3.8, 4) is 0 Å². The molecule has 0 bridgehead atoms. The van der Waals surface area contributed by atoms with E-state index in [-0.39, 0.29) is 65.3 Å². The number of likely N-dealkylation sites (tertiary alicyclic amines) is 2. The van der Waals surface area contributed by atoms with Gasteiger partial charge in [-0.15, -0.1) is 0 Å². The standard InChI is InChI=1S/C56H73N9O6/c1-30(2)48(61-54(68)70-8)52(66)64-42-14-10-12-32(42)28-46(64)50-57-38-22-16-34(26-40(38)59-50)44-24-25-45(63(44)37-20-18-36(19-21-37)56(5,6)7)35-17-23-39-41(27-35)60-51(58-39)47-29-33-13-11-15-43(33)65(47)53(67)49(31(3)4)62-55(69)71-9/h16-23,26-27,30-33,42-49H,10-15,24-25,28-29H2,1-9H3,(H,57,59)(H,58,60)(H,61,68)(H,62,69)/t32-,33-,42-,43-,44+,45+,46?,47?,48-,49-/m0/s1. The lowest BCUT2D eigenvalue weighted by molar-refractivity contribution is -0.138. The third kappa shape index (κ3) is 9.00. The van der Waals surface area contributed by atoms with E-state index in [4.69, 9.17) is 19.4 Å². The summed E-state index contributed by atoms with van der Waals surface area (Å²) in [5, 5.41) is 5.66. The molecular weight excluding hydrogens is 895 g/mol. The first-order valence-electron chi connectivity index (χ1n) is 26.2. The third-order valence-electron chi connectivity index (χ3n) is 16.8. The molecule has 71 heavy (non-hydrogen) atoms. The molecule has 4 amide bonds. The number of anilines is 1. The van der Waals surface area contributed by atoms with Gasteiger partial charge >= 0.3 is 12.2 Å². The van der Waals surface area contributed by atoms with E-state index in [0.29, 0.717) is 11.8 Å². The summed E-state index contributed by atoms with van der Waals surface area (Å²) < 4.78 is 9.86. The van der Waals surface area contributed by atoms with Crippen LogP contribution in [-0.4, -0.2) is 92.1 Å². The van der Waals surface area contributed by atoms with Crippen LogP contribution in [0.2, 0.25) is 0 Å². The van der Waals surface area contributed by atoms with Crippen molar-refractivity contribution in [2.45, 2.75) is 166 Å². The number of H-pyrrole nitrogens is 2. The lowest BCUT2D eigenvalue weighted by Crippen LogP contribution is -2.53. The van der Waals surface area contributed by atoms with Gasteiger partial charge < -0.3 is 44.8 Å². The summed E-state index contributed by atoms with van der Waals surface area (Å²) in [6.07, 6.45) is 8.54. The summed E-state index contributed by atoms with van der Waals surface area (Å²) in [6, 6.07) is 20.8. The maximum Gasteiger partial charge on any atom is 0.407 e. The highest BCUT2D eigenvalue weighted by Gasteiger charge is 2.51. The molecule has 3 aliphatic heterocycles. The molecule has 10 rings (SSSR count). The van der Waals surface area contributed by atoms with Crippen molar-refractivity contribution in [2.24, 2.45) is 23.7 Å². The Labute approximate surface area is 417 Å². The molecule has 5 aliphatic rings. The first-order chi connectivity index (χ1) is 34.0. The number of hydrogen-bond acceptors (Lipinski definition) is 9. The molecule has 5 heterocycles. The maximum atomic E-state index is 14.5. The van der Waals surface area contributed by atoms with Crippen LogP contribution in [0.3, 0.4) is 0 Å². The highest BCUT2D eigenvalue weighted by atomic mass is 16.5. The van der Waals surface area contributed by atoms with Gasteiger partial charge in [0.25, 0.3) is 0 Å². The van der Waals surface area contributed by atoms with Gasteiger partial charge in [0.15, 0.2) is 0 Å². The lowest BCUT2D eigenvalue weighted by Gasteiger charge is -2.34. The normalized spacial score (nSPS) is 26.1. The van der Waals surface area contributed by atoms with Gasteiger partial charge in [0.05, 0.1) is 60.5 Å². The first kappa shape index (κ1) is 48.5. The summed E-state index contributed by atoms with van der Waals surface area (Å²) in [4.78, 5) is 78.2. The van der Waals surface area contributed by atoms with Crippen molar-refractivity contribution in [3.63, 3.8) is 0 Å². The number of nitrogens with one attached hydrogen (secondary N) is 4. The molecule has 4 N–H and O–H groups in total. The number of aromatic nitrogens is 4. The Balaban J connectivity index is 0.963. The van der Waals surface area contributed by atoms with Crippen LogP contribution in [0.15, 0.2) is 60.7 Å². The molecule has 2 aliphatic carbocycles. The number of carbonyl (C=O) groups is 4. The summed E-state index contributed by atoms with van der Waals surface area (Å²) in [5.74, 6) is 1.96. The zero-order valence-electron chi connectivity index (χ0n) is 43.0. The van der Waals surface area contributed by atoms with Crippen LogP contribution >= 0.6 is 0 Å². The monoisotopic (exact) mass is 968 g/mol. The number of aromatic amines is 2. The van der Waals surface area contributed by atoms with Crippen LogP contribution in [0.5, 0.6) is 0 Å². The zero-order chi connectivity index (χ0) is 50.0. The summed E-state index contributed by atoms with van der Waals surface area (Å²) in [7, 11) is 2.65. The van der Waals surface area contributed by atoms with E-state index in [1.807, 2.05) is 37.5 Å².